The number of carbonyl (C=O) groups excluding carboxylic acids is 1. The van der Waals surface area contributed by atoms with Gasteiger partial charge in [0, 0.05) is 5.92 Å². The van der Waals surface area contributed by atoms with E-state index >= 15 is 0 Å². The molecule has 2 nitrogen and oxygen atoms in total. The maximum Gasteiger partial charge on any atom is 0.207 e. The van der Waals surface area contributed by atoms with Crippen LogP contribution in [0.15, 0.2) is 42.5 Å². The first-order chi connectivity index (χ1) is 10.2. The summed E-state index contributed by atoms with van der Waals surface area (Å²) < 4.78 is 0. The lowest BCUT2D eigenvalue weighted by Crippen LogP contribution is -2.26. The quantitative estimate of drug-likeness (QED) is 0.816. The second kappa shape index (κ2) is 6.08. The van der Waals surface area contributed by atoms with Crippen molar-refractivity contribution in [2.24, 2.45) is 0 Å². The molecule has 21 heavy (non-hydrogen) atoms. The number of halogens is 2. The lowest BCUT2D eigenvalue weighted by Gasteiger charge is -2.31. The van der Waals surface area contributed by atoms with Crippen LogP contribution in [0.5, 0.6) is 0 Å². The molecule has 0 aliphatic heterocycles. The molecule has 3 rings (SSSR count). The molecule has 0 spiro atoms. The average molecular weight is 320 g/mol. The highest BCUT2D eigenvalue weighted by atomic mass is 35.5. The monoisotopic (exact) mass is 319 g/mol. The zero-order chi connectivity index (χ0) is 14.8. The van der Waals surface area contributed by atoms with Gasteiger partial charge in [0.1, 0.15) is 0 Å². The average Bonchev–Trinajstić information content (AvgIpc) is 2.51. The Kier molecular flexibility index (Phi) is 4.18. The second-order valence-corrected chi connectivity index (χ2v) is 6.08. The smallest absolute Gasteiger partial charge is 0.207 e. The summed E-state index contributed by atoms with van der Waals surface area (Å²) in [4.78, 5) is 10.8. The first-order valence-electron chi connectivity index (χ1n) is 6.94. The topological polar surface area (TPSA) is 29.1 Å². The van der Waals surface area contributed by atoms with Crippen LogP contribution in [0.25, 0.3) is 0 Å². The minimum absolute atomic E-state index is 0.0951. The van der Waals surface area contributed by atoms with Crippen LogP contribution in [-0.4, -0.2) is 6.41 Å². The molecule has 4 heteroatoms. The summed E-state index contributed by atoms with van der Waals surface area (Å²) in [7, 11) is 0. The first kappa shape index (κ1) is 14.4. The molecule has 0 bridgehead atoms. The van der Waals surface area contributed by atoms with Crippen molar-refractivity contribution in [1.29, 1.82) is 0 Å². The highest BCUT2D eigenvalue weighted by Gasteiger charge is 2.27. The van der Waals surface area contributed by atoms with E-state index in [1.807, 2.05) is 30.3 Å². The highest BCUT2D eigenvalue weighted by Crippen LogP contribution is 2.42. The Morgan fingerprint density at radius 3 is 2.48 bits per heavy atom. The molecule has 0 heterocycles. The minimum Gasteiger partial charge on any atom is -0.352 e. The van der Waals surface area contributed by atoms with E-state index in [2.05, 4.69) is 17.4 Å². The van der Waals surface area contributed by atoms with E-state index < -0.39 is 0 Å². The third kappa shape index (κ3) is 2.78. The number of hydrogen-bond donors (Lipinski definition) is 1. The van der Waals surface area contributed by atoms with Crippen molar-refractivity contribution in [1.82, 2.24) is 5.32 Å². The highest BCUT2D eigenvalue weighted by molar-refractivity contribution is 6.42. The van der Waals surface area contributed by atoms with Gasteiger partial charge >= 0.3 is 0 Å². The molecule has 2 atom stereocenters. The number of carbonyl (C=O) groups is 1. The first-order valence-corrected chi connectivity index (χ1v) is 7.69. The Balaban J connectivity index is 2.02. The van der Waals surface area contributed by atoms with E-state index in [-0.39, 0.29) is 6.04 Å². The summed E-state index contributed by atoms with van der Waals surface area (Å²) in [5.74, 6) is 0.292. The molecule has 1 N–H and O–H groups in total. The van der Waals surface area contributed by atoms with Gasteiger partial charge in [-0.25, -0.2) is 0 Å². The molecule has 2 aromatic carbocycles. The Bertz CT molecular complexity index is 672. The third-order valence-corrected chi connectivity index (χ3v) is 4.85. The molecule has 0 saturated carbocycles. The predicted molar refractivity (Wildman–Crippen MR) is 85.9 cm³/mol. The van der Waals surface area contributed by atoms with Crippen molar-refractivity contribution in [2.75, 3.05) is 0 Å². The number of rotatable bonds is 3. The van der Waals surface area contributed by atoms with Gasteiger partial charge in [-0.3, -0.25) is 4.79 Å². The second-order valence-electron chi connectivity index (χ2n) is 5.27. The molecule has 1 amide bonds. The van der Waals surface area contributed by atoms with Gasteiger partial charge in [0.2, 0.25) is 6.41 Å². The molecule has 0 radical (unpaired) electrons. The third-order valence-electron chi connectivity index (χ3n) is 4.11. The summed E-state index contributed by atoms with van der Waals surface area (Å²) >= 11 is 12.2. The van der Waals surface area contributed by atoms with E-state index in [0.29, 0.717) is 16.0 Å². The lowest BCUT2D eigenvalue weighted by atomic mass is 9.77. The van der Waals surface area contributed by atoms with Gasteiger partial charge in [0.15, 0.2) is 0 Å². The van der Waals surface area contributed by atoms with E-state index in [9.17, 15) is 4.79 Å². The van der Waals surface area contributed by atoms with Gasteiger partial charge in [0.25, 0.3) is 0 Å². The van der Waals surface area contributed by atoms with Crippen LogP contribution in [0.1, 0.15) is 41.5 Å². The largest absolute Gasteiger partial charge is 0.352 e. The summed E-state index contributed by atoms with van der Waals surface area (Å²) in [6, 6.07) is 14.2. The Labute approximate surface area is 134 Å². The zero-order valence-corrected chi connectivity index (χ0v) is 12.9. The maximum atomic E-state index is 10.8. The number of hydrogen-bond acceptors (Lipinski definition) is 1. The van der Waals surface area contributed by atoms with Crippen molar-refractivity contribution in [3.8, 4) is 0 Å². The summed E-state index contributed by atoms with van der Waals surface area (Å²) in [6.45, 7) is 0. The Hall–Kier alpha value is -1.51. The van der Waals surface area contributed by atoms with Crippen molar-refractivity contribution >= 4 is 29.6 Å². The van der Waals surface area contributed by atoms with E-state index in [0.717, 1.165) is 19.3 Å². The Morgan fingerprint density at radius 2 is 1.76 bits per heavy atom. The molecule has 0 saturated heterocycles. The van der Waals surface area contributed by atoms with E-state index in [1.165, 1.54) is 16.7 Å². The van der Waals surface area contributed by atoms with Gasteiger partial charge in [0.05, 0.1) is 16.1 Å². The summed E-state index contributed by atoms with van der Waals surface area (Å²) in [6.07, 6.45) is 2.67. The zero-order valence-electron chi connectivity index (χ0n) is 11.4. The van der Waals surface area contributed by atoms with Crippen molar-refractivity contribution < 1.29 is 4.79 Å². The predicted octanol–water partition coefficient (Wildman–Crippen LogP) is 4.71. The van der Waals surface area contributed by atoms with Crippen LogP contribution in [0, 0.1) is 0 Å². The molecular weight excluding hydrogens is 305 g/mol. The standard InChI is InChI=1S/C17H15Cl2NO/c18-15-7-5-11(9-16(15)19)12-6-8-17(20-10-21)14-4-2-1-3-13(12)14/h1-5,7,9-10,12,17H,6,8H2,(H,20,21)/t12-,17+/m1/s1. The van der Waals surface area contributed by atoms with Gasteiger partial charge in [-0.05, 0) is 41.7 Å². The SMILES string of the molecule is O=CN[C@H]1CC[C@H](c2ccc(Cl)c(Cl)c2)c2ccccc21. The molecule has 0 unspecified atom stereocenters. The number of amides is 1. The van der Waals surface area contributed by atoms with Gasteiger partial charge in [-0.2, -0.15) is 0 Å². The van der Waals surface area contributed by atoms with Gasteiger partial charge in [-0.15, -0.1) is 0 Å². The van der Waals surface area contributed by atoms with Crippen molar-refractivity contribution in [3.05, 3.63) is 69.2 Å². The van der Waals surface area contributed by atoms with Crippen LogP contribution in [0.3, 0.4) is 0 Å². The number of benzene rings is 2. The fourth-order valence-electron chi connectivity index (χ4n) is 3.12. The van der Waals surface area contributed by atoms with Crippen LogP contribution in [0.4, 0.5) is 0 Å². The number of fused-ring (bicyclic) bond motifs is 1. The maximum absolute atomic E-state index is 10.8. The minimum atomic E-state index is 0.0951. The summed E-state index contributed by atoms with van der Waals surface area (Å²) in [5.41, 5.74) is 3.61. The van der Waals surface area contributed by atoms with Crippen LogP contribution >= 0.6 is 23.2 Å². The lowest BCUT2D eigenvalue weighted by molar-refractivity contribution is -0.110. The normalized spacial score (nSPS) is 20.7. The van der Waals surface area contributed by atoms with E-state index in [1.54, 1.807) is 0 Å². The summed E-state index contributed by atoms with van der Waals surface area (Å²) in [5, 5.41) is 4.06. The molecule has 108 valence electrons. The fraction of sp³-hybridized carbons (Fsp3) is 0.235. The molecule has 1 aliphatic rings. The fourth-order valence-corrected chi connectivity index (χ4v) is 3.43. The van der Waals surface area contributed by atoms with Crippen LogP contribution in [-0.2, 0) is 4.79 Å². The van der Waals surface area contributed by atoms with Crippen LogP contribution < -0.4 is 5.32 Å². The van der Waals surface area contributed by atoms with Crippen LogP contribution in [0.2, 0.25) is 10.0 Å². The molecule has 0 fully saturated rings. The van der Waals surface area contributed by atoms with Gasteiger partial charge in [-0.1, -0.05) is 53.5 Å². The molecule has 0 aromatic heterocycles. The molecular formula is C17H15Cl2NO. The van der Waals surface area contributed by atoms with E-state index in [4.69, 9.17) is 23.2 Å². The Morgan fingerprint density at radius 1 is 1.00 bits per heavy atom. The molecule has 1 aliphatic carbocycles. The number of nitrogens with one attached hydrogen (secondary N) is 1. The van der Waals surface area contributed by atoms with Gasteiger partial charge < -0.3 is 5.32 Å². The molecule has 2 aromatic rings. The van der Waals surface area contributed by atoms with Crippen molar-refractivity contribution in [2.45, 2.75) is 24.8 Å². The van der Waals surface area contributed by atoms with Crippen molar-refractivity contribution in [3.63, 3.8) is 0 Å².